The molecule has 1 aliphatic carbocycles. The van der Waals surface area contributed by atoms with E-state index in [1.807, 2.05) is 18.2 Å². The average molecular weight is 292 g/mol. The van der Waals surface area contributed by atoms with Gasteiger partial charge in [0.2, 0.25) is 0 Å². The van der Waals surface area contributed by atoms with Crippen LogP contribution in [0.5, 0.6) is 0 Å². The van der Waals surface area contributed by atoms with Crippen molar-refractivity contribution >= 4 is 28.9 Å². The molecule has 1 fully saturated rings. The molecular formula is C16H15Cl2N. The van der Waals surface area contributed by atoms with Crippen LogP contribution in [-0.4, -0.2) is 0 Å². The van der Waals surface area contributed by atoms with E-state index in [4.69, 9.17) is 23.2 Å². The molecule has 1 nitrogen and oxygen atoms in total. The highest BCUT2D eigenvalue weighted by molar-refractivity contribution is 6.39. The zero-order valence-electron chi connectivity index (χ0n) is 10.5. The molecule has 3 rings (SSSR count). The molecule has 0 heterocycles. The Bertz CT molecular complexity index is 571. The first kappa shape index (κ1) is 12.8. The average Bonchev–Trinajstić information content (AvgIpc) is 3.23. The normalized spacial score (nSPS) is 14.4. The third-order valence-electron chi connectivity index (χ3n) is 3.49. The molecule has 0 radical (unpaired) electrons. The van der Waals surface area contributed by atoms with Crippen LogP contribution in [0, 0.1) is 0 Å². The Labute approximate surface area is 123 Å². The number of rotatable bonds is 4. The Morgan fingerprint density at radius 3 is 2.32 bits per heavy atom. The number of hydrogen-bond donors (Lipinski definition) is 1. The van der Waals surface area contributed by atoms with Gasteiger partial charge in [-0.15, -0.1) is 0 Å². The maximum absolute atomic E-state index is 6.16. The molecule has 98 valence electrons. The van der Waals surface area contributed by atoms with Gasteiger partial charge in [0.1, 0.15) is 0 Å². The zero-order chi connectivity index (χ0) is 13.2. The summed E-state index contributed by atoms with van der Waals surface area (Å²) in [5.41, 5.74) is 3.61. The number of anilines is 1. The van der Waals surface area contributed by atoms with E-state index in [2.05, 4.69) is 29.6 Å². The van der Waals surface area contributed by atoms with Crippen molar-refractivity contribution < 1.29 is 0 Å². The summed E-state index contributed by atoms with van der Waals surface area (Å²) in [5.74, 6) is 0.750. The van der Waals surface area contributed by atoms with E-state index in [0.717, 1.165) is 18.2 Å². The van der Waals surface area contributed by atoms with Gasteiger partial charge in [-0.3, -0.25) is 0 Å². The molecule has 2 aromatic rings. The lowest BCUT2D eigenvalue weighted by molar-refractivity contribution is 1.04. The lowest BCUT2D eigenvalue weighted by Crippen LogP contribution is -2.03. The Hall–Kier alpha value is -1.18. The Morgan fingerprint density at radius 2 is 1.63 bits per heavy atom. The van der Waals surface area contributed by atoms with Gasteiger partial charge in [-0.2, -0.15) is 0 Å². The first-order valence-corrected chi connectivity index (χ1v) is 7.27. The fourth-order valence-corrected chi connectivity index (χ4v) is 2.87. The summed E-state index contributed by atoms with van der Waals surface area (Å²) in [5, 5.41) is 4.68. The van der Waals surface area contributed by atoms with Crippen molar-refractivity contribution in [3.63, 3.8) is 0 Å². The van der Waals surface area contributed by atoms with Crippen molar-refractivity contribution in [3.05, 3.63) is 63.6 Å². The van der Waals surface area contributed by atoms with Gasteiger partial charge in [-0.05, 0) is 42.0 Å². The largest absolute Gasteiger partial charge is 0.379 e. The summed E-state index contributed by atoms with van der Waals surface area (Å²) in [6.07, 6.45) is 2.62. The number of hydrogen-bond acceptors (Lipinski definition) is 1. The topological polar surface area (TPSA) is 12.0 Å². The Morgan fingerprint density at radius 1 is 0.947 bits per heavy atom. The molecule has 0 amide bonds. The summed E-state index contributed by atoms with van der Waals surface area (Å²) in [4.78, 5) is 0. The lowest BCUT2D eigenvalue weighted by atomic mass is 10.0. The predicted octanol–water partition coefficient (Wildman–Crippen LogP) is 5.48. The molecule has 0 unspecified atom stereocenters. The number of nitrogens with one attached hydrogen (secondary N) is 1. The molecule has 0 aromatic heterocycles. The number of para-hydroxylation sites is 1. The zero-order valence-corrected chi connectivity index (χ0v) is 12.0. The molecule has 0 bridgehead atoms. The summed E-state index contributed by atoms with van der Waals surface area (Å²) in [6.45, 7) is 0.760. The van der Waals surface area contributed by atoms with Crippen LogP contribution in [0.3, 0.4) is 0 Å². The minimum absolute atomic E-state index is 0.663. The van der Waals surface area contributed by atoms with Gasteiger partial charge in [0.15, 0.2) is 0 Å². The second-order valence-electron chi connectivity index (χ2n) is 4.92. The van der Waals surface area contributed by atoms with Crippen LogP contribution in [0.4, 0.5) is 5.69 Å². The van der Waals surface area contributed by atoms with E-state index in [0.29, 0.717) is 10.0 Å². The first-order chi connectivity index (χ1) is 9.25. The second-order valence-corrected chi connectivity index (χ2v) is 5.74. The van der Waals surface area contributed by atoms with E-state index in [9.17, 15) is 0 Å². The van der Waals surface area contributed by atoms with Gasteiger partial charge < -0.3 is 5.32 Å². The number of halogens is 2. The highest BCUT2D eigenvalue weighted by atomic mass is 35.5. The number of benzene rings is 2. The fourth-order valence-electron chi connectivity index (χ4n) is 2.34. The monoisotopic (exact) mass is 291 g/mol. The van der Waals surface area contributed by atoms with E-state index >= 15 is 0 Å². The van der Waals surface area contributed by atoms with Crippen LogP contribution in [0.15, 0.2) is 42.5 Å². The molecule has 0 saturated heterocycles. The molecule has 1 saturated carbocycles. The Kier molecular flexibility index (Phi) is 3.67. The SMILES string of the molecule is Clc1cccc(Cl)c1NCc1ccccc1C1CC1. The standard InChI is InChI=1S/C16H15Cl2N/c17-14-6-3-7-15(18)16(14)19-10-12-4-1-2-5-13(12)11-8-9-11/h1-7,11,19H,8-10H2. The second kappa shape index (κ2) is 5.44. The van der Waals surface area contributed by atoms with Gasteiger partial charge in [-0.1, -0.05) is 53.5 Å². The van der Waals surface area contributed by atoms with Crippen molar-refractivity contribution in [2.75, 3.05) is 5.32 Å². The van der Waals surface area contributed by atoms with Gasteiger partial charge in [0, 0.05) is 6.54 Å². The lowest BCUT2D eigenvalue weighted by Gasteiger charge is -2.13. The fraction of sp³-hybridized carbons (Fsp3) is 0.250. The molecule has 0 aliphatic heterocycles. The third kappa shape index (κ3) is 2.88. The summed E-state index contributed by atoms with van der Waals surface area (Å²) < 4.78 is 0. The van der Waals surface area contributed by atoms with Crippen LogP contribution in [-0.2, 0) is 6.54 Å². The van der Waals surface area contributed by atoms with Crippen molar-refractivity contribution in [1.29, 1.82) is 0 Å². The van der Waals surface area contributed by atoms with Crippen LogP contribution in [0.1, 0.15) is 29.9 Å². The van der Waals surface area contributed by atoms with Gasteiger partial charge in [0.25, 0.3) is 0 Å². The maximum Gasteiger partial charge on any atom is 0.0721 e. The van der Waals surface area contributed by atoms with E-state index < -0.39 is 0 Å². The Balaban J connectivity index is 1.79. The molecule has 0 atom stereocenters. The minimum atomic E-state index is 0.663. The molecule has 1 N–H and O–H groups in total. The van der Waals surface area contributed by atoms with E-state index in [1.165, 1.54) is 24.0 Å². The third-order valence-corrected chi connectivity index (χ3v) is 4.12. The van der Waals surface area contributed by atoms with Crippen molar-refractivity contribution in [2.45, 2.75) is 25.3 Å². The van der Waals surface area contributed by atoms with Crippen LogP contribution < -0.4 is 5.32 Å². The highest BCUT2D eigenvalue weighted by Crippen LogP contribution is 2.42. The van der Waals surface area contributed by atoms with E-state index in [1.54, 1.807) is 0 Å². The van der Waals surface area contributed by atoms with Crippen molar-refractivity contribution in [3.8, 4) is 0 Å². The smallest absolute Gasteiger partial charge is 0.0721 e. The summed E-state index contributed by atoms with van der Waals surface area (Å²) in [6, 6.07) is 14.1. The van der Waals surface area contributed by atoms with Gasteiger partial charge >= 0.3 is 0 Å². The molecule has 2 aromatic carbocycles. The molecule has 19 heavy (non-hydrogen) atoms. The molecule has 0 spiro atoms. The molecule has 1 aliphatic rings. The van der Waals surface area contributed by atoms with Crippen LogP contribution >= 0.6 is 23.2 Å². The first-order valence-electron chi connectivity index (χ1n) is 6.51. The van der Waals surface area contributed by atoms with Crippen molar-refractivity contribution in [2.24, 2.45) is 0 Å². The minimum Gasteiger partial charge on any atom is -0.379 e. The molecule has 3 heteroatoms. The van der Waals surface area contributed by atoms with E-state index in [-0.39, 0.29) is 0 Å². The molecular weight excluding hydrogens is 277 g/mol. The summed E-state index contributed by atoms with van der Waals surface area (Å²) >= 11 is 12.3. The summed E-state index contributed by atoms with van der Waals surface area (Å²) in [7, 11) is 0. The maximum atomic E-state index is 6.16. The van der Waals surface area contributed by atoms with Crippen molar-refractivity contribution in [1.82, 2.24) is 0 Å². The van der Waals surface area contributed by atoms with Crippen LogP contribution in [0.2, 0.25) is 10.0 Å². The highest BCUT2D eigenvalue weighted by Gasteiger charge is 2.25. The van der Waals surface area contributed by atoms with Gasteiger partial charge in [0.05, 0.1) is 15.7 Å². The predicted molar refractivity (Wildman–Crippen MR) is 82.2 cm³/mol. The quantitative estimate of drug-likeness (QED) is 0.786. The van der Waals surface area contributed by atoms with Crippen LogP contribution in [0.25, 0.3) is 0 Å². The van der Waals surface area contributed by atoms with Gasteiger partial charge in [-0.25, -0.2) is 0 Å².